The zero-order valence-corrected chi connectivity index (χ0v) is 20.6. The molecule has 1 saturated heterocycles. The molecule has 0 atom stereocenters. The molecule has 0 bridgehead atoms. The van der Waals surface area contributed by atoms with Gasteiger partial charge in [-0.25, -0.2) is 14.6 Å². The molecule has 3 heterocycles. The number of benzene rings is 2. The van der Waals surface area contributed by atoms with Gasteiger partial charge in [-0.2, -0.15) is 0 Å². The topological polar surface area (TPSA) is 99.0 Å². The van der Waals surface area contributed by atoms with Crippen LogP contribution in [0.3, 0.4) is 0 Å². The Hall–Kier alpha value is -4.20. The highest BCUT2D eigenvalue weighted by molar-refractivity contribution is 5.98. The Bertz CT molecular complexity index is 1450. The molecule has 184 valence electrons. The summed E-state index contributed by atoms with van der Waals surface area (Å²) >= 11 is 0. The van der Waals surface area contributed by atoms with Crippen LogP contribution in [0.25, 0.3) is 16.9 Å². The van der Waals surface area contributed by atoms with E-state index in [0.717, 1.165) is 48.6 Å². The second-order valence-corrected chi connectivity index (χ2v) is 9.24. The first kappa shape index (κ1) is 23.5. The number of para-hydroxylation sites is 1. The van der Waals surface area contributed by atoms with E-state index in [1.165, 1.54) is 11.1 Å². The van der Waals surface area contributed by atoms with Gasteiger partial charge in [0.15, 0.2) is 5.78 Å². The molecule has 36 heavy (non-hydrogen) atoms. The first-order valence-corrected chi connectivity index (χ1v) is 12.3. The molecule has 4 aromatic rings. The molecule has 1 fully saturated rings. The Balaban J connectivity index is 1.38. The lowest BCUT2D eigenvalue weighted by atomic mass is 10.0. The predicted octanol–water partition coefficient (Wildman–Crippen LogP) is 3.94. The van der Waals surface area contributed by atoms with E-state index in [2.05, 4.69) is 9.88 Å². The number of anilines is 2. The number of nitrogens with zero attached hydrogens (tertiary/aromatic N) is 5. The fraction of sp³-hybridized carbons (Fsp3) is 0.286. The van der Waals surface area contributed by atoms with Crippen LogP contribution in [0.4, 0.5) is 11.6 Å². The van der Waals surface area contributed by atoms with Crippen LogP contribution >= 0.6 is 0 Å². The van der Waals surface area contributed by atoms with Crippen LogP contribution in [0.5, 0.6) is 0 Å². The van der Waals surface area contributed by atoms with Crippen molar-refractivity contribution in [1.82, 2.24) is 19.3 Å². The highest BCUT2D eigenvalue weighted by Crippen LogP contribution is 2.27. The fourth-order valence-corrected chi connectivity index (χ4v) is 4.82. The van der Waals surface area contributed by atoms with E-state index in [0.29, 0.717) is 17.2 Å². The first-order chi connectivity index (χ1) is 17.4. The van der Waals surface area contributed by atoms with Crippen molar-refractivity contribution < 1.29 is 4.79 Å². The Labute approximate surface area is 210 Å². The summed E-state index contributed by atoms with van der Waals surface area (Å²) in [5, 5.41) is 0. The van der Waals surface area contributed by atoms with Crippen molar-refractivity contribution in [3.05, 3.63) is 88.0 Å². The Kier molecular flexibility index (Phi) is 6.41. The molecule has 8 heteroatoms. The van der Waals surface area contributed by atoms with Gasteiger partial charge in [-0.1, -0.05) is 42.5 Å². The minimum absolute atomic E-state index is 0.129. The van der Waals surface area contributed by atoms with Gasteiger partial charge in [0.25, 0.3) is 5.56 Å². The fourth-order valence-electron chi connectivity index (χ4n) is 4.82. The van der Waals surface area contributed by atoms with Crippen LogP contribution in [0.15, 0.2) is 65.6 Å². The third-order valence-electron chi connectivity index (χ3n) is 6.89. The van der Waals surface area contributed by atoms with Gasteiger partial charge in [0, 0.05) is 37.8 Å². The van der Waals surface area contributed by atoms with Gasteiger partial charge in [0.05, 0.1) is 11.9 Å². The number of nitrogen functional groups attached to an aromatic ring is 1. The van der Waals surface area contributed by atoms with Crippen LogP contribution < -0.4 is 16.2 Å². The smallest absolute Gasteiger partial charge is 0.282 e. The van der Waals surface area contributed by atoms with Crippen molar-refractivity contribution >= 4 is 17.4 Å². The van der Waals surface area contributed by atoms with Crippen LogP contribution in [0, 0.1) is 6.92 Å². The highest BCUT2D eigenvalue weighted by atomic mass is 16.2. The second kappa shape index (κ2) is 9.81. The molecule has 0 amide bonds. The normalized spacial score (nSPS) is 13.7. The number of nitrogens with two attached hydrogens (primary N) is 1. The van der Waals surface area contributed by atoms with Gasteiger partial charge in [-0.3, -0.25) is 14.3 Å². The number of hydrogen-bond donors (Lipinski definition) is 1. The predicted molar refractivity (Wildman–Crippen MR) is 142 cm³/mol. The molecule has 2 N–H and O–H groups in total. The van der Waals surface area contributed by atoms with E-state index in [-0.39, 0.29) is 23.3 Å². The van der Waals surface area contributed by atoms with Crippen molar-refractivity contribution in [1.29, 1.82) is 0 Å². The lowest BCUT2D eigenvalue weighted by Crippen LogP contribution is -2.30. The van der Waals surface area contributed by atoms with Gasteiger partial charge in [-0.15, -0.1) is 0 Å². The van der Waals surface area contributed by atoms with E-state index in [1.54, 1.807) is 24.9 Å². The molecular weight excluding hydrogens is 452 g/mol. The molecule has 0 spiro atoms. The zero-order valence-electron chi connectivity index (χ0n) is 20.6. The first-order valence-electron chi connectivity index (χ1n) is 12.3. The van der Waals surface area contributed by atoms with E-state index < -0.39 is 0 Å². The Morgan fingerprint density at radius 2 is 1.69 bits per heavy atom. The quantitative estimate of drug-likeness (QED) is 0.418. The molecule has 0 aliphatic carbocycles. The summed E-state index contributed by atoms with van der Waals surface area (Å²) in [6.45, 7) is 3.75. The summed E-state index contributed by atoms with van der Waals surface area (Å²) in [5.41, 5.74) is 9.74. The Morgan fingerprint density at radius 3 is 2.39 bits per heavy atom. The number of ketones is 1. The SMILES string of the molecule is Cc1c(C(=O)Cc2ccc(-c3nc(N4CCCCC4)cnc3N)cc2)c(=O)n(-c2ccccc2)n1C. The zero-order chi connectivity index (χ0) is 25.2. The number of hydrogen-bond acceptors (Lipinski definition) is 6. The summed E-state index contributed by atoms with van der Waals surface area (Å²) in [7, 11) is 1.79. The lowest BCUT2D eigenvalue weighted by molar-refractivity contribution is 0.0991. The number of piperidine rings is 1. The monoisotopic (exact) mass is 482 g/mol. The summed E-state index contributed by atoms with van der Waals surface area (Å²) in [5.74, 6) is 1.01. The van der Waals surface area contributed by atoms with Gasteiger partial charge in [0.2, 0.25) is 0 Å². The third-order valence-corrected chi connectivity index (χ3v) is 6.89. The van der Waals surface area contributed by atoms with Crippen molar-refractivity contribution in [2.75, 3.05) is 23.7 Å². The van der Waals surface area contributed by atoms with Crippen LogP contribution in [-0.4, -0.2) is 38.2 Å². The summed E-state index contributed by atoms with van der Waals surface area (Å²) < 4.78 is 3.26. The van der Waals surface area contributed by atoms with Gasteiger partial charge in [0.1, 0.15) is 22.9 Å². The number of rotatable bonds is 6. The maximum Gasteiger partial charge on any atom is 0.282 e. The molecule has 8 nitrogen and oxygen atoms in total. The van der Waals surface area contributed by atoms with Crippen LogP contribution in [0.2, 0.25) is 0 Å². The molecule has 2 aromatic heterocycles. The van der Waals surface area contributed by atoms with Crippen molar-refractivity contribution in [2.24, 2.45) is 7.05 Å². The second-order valence-electron chi connectivity index (χ2n) is 9.24. The lowest BCUT2D eigenvalue weighted by Gasteiger charge is -2.27. The average Bonchev–Trinajstić information content (AvgIpc) is 3.13. The molecule has 0 radical (unpaired) electrons. The maximum atomic E-state index is 13.2. The summed E-state index contributed by atoms with van der Waals surface area (Å²) in [6.07, 6.45) is 5.42. The summed E-state index contributed by atoms with van der Waals surface area (Å²) in [6, 6.07) is 16.9. The highest BCUT2D eigenvalue weighted by Gasteiger charge is 2.22. The number of aromatic nitrogens is 4. The van der Waals surface area contributed by atoms with Crippen LogP contribution in [0.1, 0.15) is 40.9 Å². The molecule has 0 saturated carbocycles. The number of Topliss-reactive ketones (excluding diaryl/α,β-unsaturated/α-hetero) is 1. The largest absolute Gasteiger partial charge is 0.382 e. The van der Waals surface area contributed by atoms with Crippen molar-refractivity contribution in [3.8, 4) is 16.9 Å². The minimum atomic E-state index is -0.305. The van der Waals surface area contributed by atoms with Crippen molar-refractivity contribution in [3.63, 3.8) is 0 Å². The third kappa shape index (κ3) is 4.42. The molecule has 0 unspecified atom stereocenters. The van der Waals surface area contributed by atoms with E-state index in [4.69, 9.17) is 10.7 Å². The van der Waals surface area contributed by atoms with Crippen molar-refractivity contribution in [2.45, 2.75) is 32.6 Å². The molecule has 5 rings (SSSR count). The van der Waals surface area contributed by atoms with Gasteiger partial charge >= 0.3 is 0 Å². The van der Waals surface area contributed by atoms with E-state index in [1.807, 2.05) is 54.6 Å². The van der Waals surface area contributed by atoms with E-state index >= 15 is 0 Å². The van der Waals surface area contributed by atoms with Gasteiger partial charge < -0.3 is 10.6 Å². The minimum Gasteiger partial charge on any atom is -0.382 e. The molecular formula is C28H30N6O2. The average molecular weight is 483 g/mol. The standard InChI is InChI=1S/C28H30N6O2/c1-19-25(28(36)34(32(19)2)22-9-5-3-6-10-22)23(35)17-20-11-13-21(14-12-20)26-27(29)30-18-24(31-26)33-15-7-4-8-16-33/h3,5-6,9-14,18H,4,7-8,15-17H2,1-2H3,(H2,29,30). The Morgan fingerprint density at radius 1 is 1.00 bits per heavy atom. The van der Waals surface area contributed by atoms with Crippen LogP contribution in [-0.2, 0) is 13.5 Å². The number of carbonyl (C=O) groups excluding carboxylic acids is 1. The number of carbonyl (C=O) groups is 1. The van der Waals surface area contributed by atoms with Gasteiger partial charge in [-0.05, 0) is 43.9 Å². The van der Waals surface area contributed by atoms with E-state index in [9.17, 15) is 9.59 Å². The molecule has 1 aliphatic heterocycles. The molecule has 1 aliphatic rings. The molecule has 2 aromatic carbocycles. The maximum absolute atomic E-state index is 13.2. The summed E-state index contributed by atoms with van der Waals surface area (Å²) in [4.78, 5) is 37.8.